The highest BCUT2D eigenvalue weighted by Gasteiger charge is 2.18. The van der Waals surface area contributed by atoms with Crippen LogP contribution in [-0.4, -0.2) is 47.4 Å². The Morgan fingerprint density at radius 1 is 0.403 bits per heavy atom. The lowest BCUT2D eigenvalue weighted by Gasteiger charge is -2.19. The summed E-state index contributed by atoms with van der Waals surface area (Å²) in [5.74, 6) is -0.111. The summed E-state index contributed by atoms with van der Waals surface area (Å²) in [7, 11) is 0. The van der Waals surface area contributed by atoms with Crippen LogP contribution < -0.4 is 5.32 Å². The standard InChI is InChI=1S/C61H115NO5/c1-3-5-7-9-11-13-15-17-19-21-23-25-27-31-35-39-43-47-51-55-61(66)67-56-52-48-44-40-36-32-28-30-34-38-42-46-50-54-60(65)62-58(57-63)59(64)53-49-45-41-37-33-29-26-24-22-20-18-16-14-12-10-8-6-4-2/h17,19,30,34,49,53,58-59,63-64H,3-16,18,20-29,31-33,35-48,50-52,54-57H2,1-2H3,(H,62,65)/b19-17-,34-30-,53-49+. The Morgan fingerprint density at radius 3 is 1.07 bits per heavy atom. The topological polar surface area (TPSA) is 95.9 Å². The van der Waals surface area contributed by atoms with E-state index in [2.05, 4.69) is 43.5 Å². The van der Waals surface area contributed by atoms with Crippen molar-refractivity contribution in [2.75, 3.05) is 13.2 Å². The van der Waals surface area contributed by atoms with Gasteiger partial charge in [0.1, 0.15) is 0 Å². The zero-order valence-electron chi connectivity index (χ0n) is 44.9. The summed E-state index contributed by atoms with van der Waals surface area (Å²) in [5.41, 5.74) is 0. The zero-order valence-corrected chi connectivity index (χ0v) is 44.9. The first kappa shape index (κ1) is 65.1. The first-order valence-electron chi connectivity index (χ1n) is 29.8. The maximum Gasteiger partial charge on any atom is 0.305 e. The van der Waals surface area contributed by atoms with E-state index >= 15 is 0 Å². The summed E-state index contributed by atoms with van der Waals surface area (Å²) in [6, 6.07) is -0.649. The Morgan fingerprint density at radius 2 is 0.701 bits per heavy atom. The number of carbonyl (C=O) groups is 2. The highest BCUT2D eigenvalue weighted by molar-refractivity contribution is 5.76. The highest BCUT2D eigenvalue weighted by Crippen LogP contribution is 2.16. The molecule has 0 rings (SSSR count). The van der Waals surface area contributed by atoms with Crippen molar-refractivity contribution >= 4 is 11.9 Å². The number of hydrogen-bond donors (Lipinski definition) is 3. The molecule has 0 aliphatic carbocycles. The smallest absolute Gasteiger partial charge is 0.305 e. The summed E-state index contributed by atoms with van der Waals surface area (Å²) < 4.78 is 5.48. The van der Waals surface area contributed by atoms with Crippen LogP contribution in [-0.2, 0) is 14.3 Å². The Labute approximate surface area is 417 Å². The van der Waals surface area contributed by atoms with E-state index in [4.69, 9.17) is 4.74 Å². The van der Waals surface area contributed by atoms with Gasteiger partial charge in [-0.25, -0.2) is 0 Å². The van der Waals surface area contributed by atoms with Crippen molar-refractivity contribution in [2.24, 2.45) is 0 Å². The van der Waals surface area contributed by atoms with Gasteiger partial charge >= 0.3 is 5.97 Å². The number of amides is 1. The van der Waals surface area contributed by atoms with Crippen molar-refractivity contribution in [1.82, 2.24) is 5.32 Å². The second kappa shape index (κ2) is 56.7. The lowest BCUT2D eigenvalue weighted by Crippen LogP contribution is -2.45. The van der Waals surface area contributed by atoms with Crippen molar-refractivity contribution < 1.29 is 24.5 Å². The Bertz CT molecular complexity index is 1090. The van der Waals surface area contributed by atoms with Crippen molar-refractivity contribution in [3.05, 3.63) is 36.5 Å². The molecule has 1 amide bonds. The fourth-order valence-electron chi connectivity index (χ4n) is 9.03. The summed E-state index contributed by atoms with van der Waals surface area (Å²) in [5, 5.41) is 23.1. The fourth-order valence-corrected chi connectivity index (χ4v) is 9.03. The van der Waals surface area contributed by atoms with Crippen LogP contribution in [0.3, 0.4) is 0 Å². The normalized spacial score (nSPS) is 12.8. The van der Waals surface area contributed by atoms with E-state index in [1.165, 1.54) is 218 Å². The molecule has 0 bridgehead atoms. The van der Waals surface area contributed by atoms with Crippen LogP contribution in [0.5, 0.6) is 0 Å². The number of unbranched alkanes of at least 4 members (excludes halogenated alkanes) is 40. The van der Waals surface area contributed by atoms with Crippen LogP contribution in [0.2, 0.25) is 0 Å². The number of carbonyl (C=O) groups excluding carboxylic acids is 2. The molecular formula is C61H115NO5. The molecule has 394 valence electrons. The van der Waals surface area contributed by atoms with Crippen LogP contribution in [0, 0.1) is 0 Å². The van der Waals surface area contributed by atoms with Gasteiger partial charge in [0.25, 0.3) is 0 Å². The average Bonchev–Trinajstić information content (AvgIpc) is 3.33. The molecule has 0 aliphatic heterocycles. The minimum absolute atomic E-state index is 0.0143. The number of hydrogen-bond acceptors (Lipinski definition) is 5. The number of aliphatic hydroxyl groups is 2. The first-order valence-corrected chi connectivity index (χ1v) is 29.8. The third kappa shape index (κ3) is 53.3. The predicted octanol–water partition coefficient (Wildman–Crippen LogP) is 18.4. The molecule has 0 aliphatic rings. The number of aliphatic hydroxyl groups excluding tert-OH is 2. The Balaban J connectivity index is 3.51. The number of rotatable bonds is 55. The van der Waals surface area contributed by atoms with E-state index in [0.29, 0.717) is 19.4 Å². The van der Waals surface area contributed by atoms with Crippen LogP contribution in [0.1, 0.15) is 316 Å². The summed E-state index contributed by atoms with van der Waals surface area (Å²) >= 11 is 0. The zero-order chi connectivity index (χ0) is 48.6. The molecule has 2 unspecified atom stereocenters. The second-order valence-electron chi connectivity index (χ2n) is 20.3. The van der Waals surface area contributed by atoms with E-state index in [1.807, 2.05) is 6.08 Å². The molecule has 0 spiro atoms. The van der Waals surface area contributed by atoms with Gasteiger partial charge in [-0.15, -0.1) is 0 Å². The van der Waals surface area contributed by atoms with Crippen molar-refractivity contribution in [2.45, 2.75) is 328 Å². The molecule has 0 radical (unpaired) electrons. The van der Waals surface area contributed by atoms with Gasteiger partial charge in [-0.1, -0.05) is 256 Å². The van der Waals surface area contributed by atoms with E-state index < -0.39 is 12.1 Å². The lowest BCUT2D eigenvalue weighted by molar-refractivity contribution is -0.143. The highest BCUT2D eigenvalue weighted by atomic mass is 16.5. The van der Waals surface area contributed by atoms with Crippen molar-refractivity contribution in [3.8, 4) is 0 Å². The molecule has 67 heavy (non-hydrogen) atoms. The van der Waals surface area contributed by atoms with Gasteiger partial charge in [0.2, 0.25) is 5.91 Å². The Hall–Kier alpha value is -1.92. The molecule has 0 aromatic carbocycles. The van der Waals surface area contributed by atoms with Crippen LogP contribution >= 0.6 is 0 Å². The molecule has 0 heterocycles. The van der Waals surface area contributed by atoms with Gasteiger partial charge in [0.05, 0.1) is 25.4 Å². The molecule has 0 aromatic heterocycles. The predicted molar refractivity (Wildman–Crippen MR) is 292 cm³/mol. The third-order valence-electron chi connectivity index (χ3n) is 13.6. The van der Waals surface area contributed by atoms with E-state index in [0.717, 1.165) is 70.6 Å². The van der Waals surface area contributed by atoms with Gasteiger partial charge in [0.15, 0.2) is 0 Å². The molecule has 0 saturated carbocycles. The van der Waals surface area contributed by atoms with E-state index in [9.17, 15) is 19.8 Å². The number of allylic oxidation sites excluding steroid dienone is 5. The van der Waals surface area contributed by atoms with Gasteiger partial charge in [-0.05, 0) is 83.5 Å². The minimum Gasteiger partial charge on any atom is -0.466 e. The first-order chi connectivity index (χ1) is 33.0. The van der Waals surface area contributed by atoms with Crippen LogP contribution in [0.15, 0.2) is 36.5 Å². The number of ether oxygens (including phenoxy) is 1. The average molecular weight is 943 g/mol. The summed E-state index contributed by atoms with van der Waals surface area (Å²) in [4.78, 5) is 24.6. The maximum absolute atomic E-state index is 12.5. The third-order valence-corrected chi connectivity index (χ3v) is 13.6. The molecule has 6 nitrogen and oxygen atoms in total. The van der Waals surface area contributed by atoms with Gasteiger partial charge < -0.3 is 20.3 Å². The Kier molecular flexibility index (Phi) is 55.0. The lowest BCUT2D eigenvalue weighted by atomic mass is 10.0. The molecule has 3 N–H and O–H groups in total. The van der Waals surface area contributed by atoms with Crippen LogP contribution in [0.25, 0.3) is 0 Å². The SMILES string of the molecule is CCCCCCCC/C=C\CCCCCCCCCCCC(=O)OCCCCCCCC/C=C\CCCCCC(=O)NC(CO)C(O)/C=C/CCCCCCCCCCCCCCCCCC. The molecular weight excluding hydrogens is 827 g/mol. The monoisotopic (exact) mass is 942 g/mol. The maximum atomic E-state index is 12.5. The summed E-state index contributed by atoms with van der Waals surface area (Å²) in [6.07, 6.45) is 70.2. The fraction of sp³-hybridized carbons (Fsp3) is 0.869. The van der Waals surface area contributed by atoms with Gasteiger partial charge in [-0.3, -0.25) is 9.59 Å². The number of nitrogens with one attached hydrogen (secondary N) is 1. The van der Waals surface area contributed by atoms with E-state index in [1.54, 1.807) is 6.08 Å². The molecule has 0 fully saturated rings. The summed E-state index contributed by atoms with van der Waals surface area (Å²) in [6.45, 7) is 4.87. The molecule has 0 aromatic rings. The largest absolute Gasteiger partial charge is 0.466 e. The van der Waals surface area contributed by atoms with Crippen molar-refractivity contribution in [3.63, 3.8) is 0 Å². The molecule has 0 saturated heterocycles. The van der Waals surface area contributed by atoms with Crippen LogP contribution in [0.4, 0.5) is 0 Å². The van der Waals surface area contributed by atoms with Gasteiger partial charge in [-0.2, -0.15) is 0 Å². The second-order valence-corrected chi connectivity index (χ2v) is 20.3. The molecule has 2 atom stereocenters. The van der Waals surface area contributed by atoms with Crippen molar-refractivity contribution in [1.29, 1.82) is 0 Å². The van der Waals surface area contributed by atoms with E-state index in [-0.39, 0.29) is 18.5 Å². The number of esters is 1. The quantitative estimate of drug-likeness (QED) is 0.0321. The molecule has 6 heteroatoms. The van der Waals surface area contributed by atoms with Gasteiger partial charge in [0, 0.05) is 12.8 Å². The minimum atomic E-state index is -0.862.